The zero-order valence-corrected chi connectivity index (χ0v) is 11.8. The van der Waals surface area contributed by atoms with E-state index in [2.05, 4.69) is 49.3 Å². The van der Waals surface area contributed by atoms with Gasteiger partial charge in [0.15, 0.2) is 0 Å². The van der Waals surface area contributed by atoms with Gasteiger partial charge in [0.05, 0.1) is 0 Å². The lowest BCUT2D eigenvalue weighted by Gasteiger charge is -2.18. The van der Waals surface area contributed by atoms with Crippen molar-refractivity contribution in [2.24, 2.45) is 0 Å². The monoisotopic (exact) mass is 254 g/mol. The summed E-state index contributed by atoms with van der Waals surface area (Å²) in [6, 6.07) is 7.31. The third-order valence-corrected chi connectivity index (χ3v) is 3.79. The summed E-state index contributed by atoms with van der Waals surface area (Å²) < 4.78 is 0. The molecule has 96 valence electrons. The molecule has 2 nitrogen and oxygen atoms in total. The molecule has 1 aliphatic heterocycles. The lowest BCUT2D eigenvalue weighted by atomic mass is 10.0. The van der Waals surface area contributed by atoms with Crippen LogP contribution in [0.5, 0.6) is 0 Å². The molecular formula is C14H23ClN2. The van der Waals surface area contributed by atoms with Crippen LogP contribution >= 0.6 is 12.4 Å². The number of halogens is 1. The minimum Gasteiger partial charge on any atom is -0.316 e. The Morgan fingerprint density at radius 1 is 1.35 bits per heavy atom. The van der Waals surface area contributed by atoms with Crippen molar-refractivity contribution in [2.75, 3.05) is 20.1 Å². The van der Waals surface area contributed by atoms with Crippen LogP contribution in [0.1, 0.15) is 23.1 Å². The zero-order valence-electron chi connectivity index (χ0n) is 11.0. The van der Waals surface area contributed by atoms with Crippen LogP contribution in [0, 0.1) is 13.8 Å². The summed E-state index contributed by atoms with van der Waals surface area (Å²) in [5, 5.41) is 3.36. The van der Waals surface area contributed by atoms with Crippen LogP contribution in [0.3, 0.4) is 0 Å². The summed E-state index contributed by atoms with van der Waals surface area (Å²) >= 11 is 0. The third kappa shape index (κ3) is 3.44. The molecule has 0 aromatic heterocycles. The number of likely N-dealkylation sites (N-methyl/N-ethyl adjacent to an activating group) is 1. The molecule has 1 heterocycles. The lowest BCUT2D eigenvalue weighted by Crippen LogP contribution is -2.29. The largest absolute Gasteiger partial charge is 0.316 e. The molecule has 1 N–H and O–H groups in total. The summed E-state index contributed by atoms with van der Waals surface area (Å²) in [4.78, 5) is 2.54. The first-order valence-corrected chi connectivity index (χ1v) is 6.15. The average molecular weight is 255 g/mol. The van der Waals surface area contributed by atoms with Gasteiger partial charge < -0.3 is 5.32 Å². The zero-order chi connectivity index (χ0) is 11.5. The Labute approximate surface area is 111 Å². The smallest absolute Gasteiger partial charge is 0.0237 e. The number of benzene rings is 1. The van der Waals surface area contributed by atoms with Gasteiger partial charge in [-0.1, -0.05) is 18.2 Å². The quantitative estimate of drug-likeness (QED) is 0.892. The van der Waals surface area contributed by atoms with E-state index in [0.29, 0.717) is 6.04 Å². The maximum Gasteiger partial charge on any atom is 0.0237 e. The van der Waals surface area contributed by atoms with E-state index >= 15 is 0 Å². The molecule has 1 atom stereocenters. The summed E-state index contributed by atoms with van der Waals surface area (Å²) in [5.41, 5.74) is 4.34. The number of hydrogen-bond donors (Lipinski definition) is 1. The fourth-order valence-corrected chi connectivity index (χ4v) is 2.44. The van der Waals surface area contributed by atoms with Crippen molar-refractivity contribution in [1.29, 1.82) is 0 Å². The van der Waals surface area contributed by atoms with Crippen LogP contribution in [-0.4, -0.2) is 31.1 Å². The van der Waals surface area contributed by atoms with Gasteiger partial charge in [-0.3, -0.25) is 4.90 Å². The highest BCUT2D eigenvalue weighted by Crippen LogP contribution is 2.18. The summed E-state index contributed by atoms with van der Waals surface area (Å²) in [6.07, 6.45) is 1.28. The van der Waals surface area contributed by atoms with Crippen LogP contribution in [0.25, 0.3) is 0 Å². The molecule has 0 radical (unpaired) electrons. The van der Waals surface area contributed by atoms with Crippen molar-refractivity contribution < 1.29 is 0 Å². The number of aryl methyl sites for hydroxylation is 1. The van der Waals surface area contributed by atoms with Gasteiger partial charge in [0.25, 0.3) is 0 Å². The Balaban J connectivity index is 0.00000144. The third-order valence-electron chi connectivity index (χ3n) is 3.79. The van der Waals surface area contributed by atoms with E-state index < -0.39 is 0 Å². The fraction of sp³-hybridized carbons (Fsp3) is 0.571. The number of rotatable bonds is 3. The molecule has 0 aliphatic carbocycles. The second-order valence-corrected chi connectivity index (χ2v) is 4.87. The fourth-order valence-electron chi connectivity index (χ4n) is 2.44. The number of hydrogen-bond acceptors (Lipinski definition) is 2. The molecular weight excluding hydrogens is 232 g/mol. The van der Waals surface area contributed by atoms with Crippen LogP contribution in [0.15, 0.2) is 18.2 Å². The molecule has 0 bridgehead atoms. The van der Waals surface area contributed by atoms with Gasteiger partial charge in [0, 0.05) is 25.7 Å². The van der Waals surface area contributed by atoms with E-state index in [1.807, 2.05) is 0 Å². The highest BCUT2D eigenvalue weighted by Gasteiger charge is 2.21. The number of nitrogens with one attached hydrogen (secondary N) is 1. The first-order chi connectivity index (χ1) is 7.70. The summed E-state index contributed by atoms with van der Waals surface area (Å²) in [7, 11) is 2.06. The molecule has 0 amide bonds. The molecule has 3 heteroatoms. The van der Waals surface area contributed by atoms with Crippen LogP contribution in [0.4, 0.5) is 0 Å². The van der Waals surface area contributed by atoms with Gasteiger partial charge in [-0.15, -0.1) is 12.4 Å². The topological polar surface area (TPSA) is 15.3 Å². The number of nitrogens with zero attached hydrogens (tertiary/aromatic N) is 1. The van der Waals surface area contributed by atoms with Crippen molar-refractivity contribution >= 4 is 12.4 Å². The second kappa shape index (κ2) is 6.39. The first-order valence-electron chi connectivity index (χ1n) is 6.15. The summed E-state index contributed by atoms with van der Waals surface area (Å²) in [5.74, 6) is 0. The normalized spacial score (nSPS) is 20.3. The molecule has 0 spiro atoms. The Kier molecular flexibility index (Phi) is 5.44. The molecule has 2 rings (SSSR count). The Morgan fingerprint density at radius 3 is 2.76 bits per heavy atom. The summed E-state index contributed by atoms with van der Waals surface area (Å²) in [6.45, 7) is 7.93. The Morgan fingerprint density at radius 2 is 2.12 bits per heavy atom. The van der Waals surface area contributed by atoms with Crippen LogP contribution in [0.2, 0.25) is 0 Å². The lowest BCUT2D eigenvalue weighted by molar-refractivity contribution is 0.321. The van der Waals surface area contributed by atoms with Crippen molar-refractivity contribution in [3.8, 4) is 0 Å². The van der Waals surface area contributed by atoms with Gasteiger partial charge in [-0.25, -0.2) is 0 Å². The Hall–Kier alpha value is -0.570. The predicted molar refractivity (Wildman–Crippen MR) is 75.9 cm³/mol. The highest BCUT2D eigenvalue weighted by atomic mass is 35.5. The molecule has 1 fully saturated rings. The predicted octanol–water partition coefficient (Wildman–Crippen LogP) is 2.52. The molecule has 1 aliphatic rings. The van der Waals surface area contributed by atoms with Gasteiger partial charge in [-0.05, 0) is 44.0 Å². The maximum atomic E-state index is 3.36. The van der Waals surface area contributed by atoms with Crippen LogP contribution in [-0.2, 0) is 6.54 Å². The molecule has 0 saturated carbocycles. The van der Waals surface area contributed by atoms with E-state index in [9.17, 15) is 0 Å². The minimum absolute atomic E-state index is 0. The molecule has 1 aromatic carbocycles. The second-order valence-electron chi connectivity index (χ2n) is 4.87. The minimum atomic E-state index is 0. The SMILES string of the molecule is CNC1CCN(Cc2cccc(C)c2C)C1.Cl. The van der Waals surface area contributed by atoms with Gasteiger partial charge in [0.2, 0.25) is 0 Å². The van der Waals surface area contributed by atoms with Crippen molar-refractivity contribution in [3.05, 3.63) is 34.9 Å². The molecule has 1 aromatic rings. The average Bonchev–Trinajstić information content (AvgIpc) is 2.73. The van der Waals surface area contributed by atoms with Crippen LogP contribution < -0.4 is 5.32 Å². The van der Waals surface area contributed by atoms with E-state index in [1.54, 1.807) is 0 Å². The van der Waals surface area contributed by atoms with Gasteiger partial charge in [-0.2, -0.15) is 0 Å². The van der Waals surface area contributed by atoms with Crippen molar-refractivity contribution in [1.82, 2.24) is 10.2 Å². The van der Waals surface area contributed by atoms with E-state index in [1.165, 1.54) is 36.2 Å². The van der Waals surface area contributed by atoms with Crippen molar-refractivity contribution in [2.45, 2.75) is 32.9 Å². The molecule has 17 heavy (non-hydrogen) atoms. The van der Waals surface area contributed by atoms with Gasteiger partial charge >= 0.3 is 0 Å². The van der Waals surface area contributed by atoms with Gasteiger partial charge in [0.1, 0.15) is 0 Å². The highest BCUT2D eigenvalue weighted by molar-refractivity contribution is 5.85. The first kappa shape index (κ1) is 14.5. The maximum absolute atomic E-state index is 3.36. The Bertz CT molecular complexity index is 365. The molecule has 1 saturated heterocycles. The standard InChI is InChI=1S/C14H22N2.ClH/c1-11-5-4-6-13(12(11)2)9-16-8-7-14(10-16)15-3;/h4-6,14-15H,7-10H2,1-3H3;1H. The van der Waals surface area contributed by atoms with E-state index in [-0.39, 0.29) is 12.4 Å². The molecule has 1 unspecified atom stereocenters. The van der Waals surface area contributed by atoms with E-state index in [0.717, 1.165) is 6.54 Å². The van der Waals surface area contributed by atoms with E-state index in [4.69, 9.17) is 0 Å². The number of likely N-dealkylation sites (tertiary alicyclic amines) is 1. The van der Waals surface area contributed by atoms with Crippen molar-refractivity contribution in [3.63, 3.8) is 0 Å².